The van der Waals surface area contributed by atoms with E-state index >= 15 is 4.39 Å². The van der Waals surface area contributed by atoms with E-state index in [0.717, 1.165) is 54.5 Å². The summed E-state index contributed by atoms with van der Waals surface area (Å²) in [5.74, 6) is 0.900. The Kier molecular flexibility index (Phi) is 6.56. The minimum Gasteiger partial charge on any atom is -0.489 e. The zero-order valence-electron chi connectivity index (χ0n) is 23.6. The molecule has 204 valence electrons. The van der Waals surface area contributed by atoms with Gasteiger partial charge in [0.2, 0.25) is 0 Å². The van der Waals surface area contributed by atoms with E-state index in [4.69, 9.17) is 9.47 Å². The molecule has 3 aliphatic carbocycles. The Bertz CT molecular complexity index is 1420. The van der Waals surface area contributed by atoms with Gasteiger partial charge in [0.15, 0.2) is 0 Å². The third-order valence-electron chi connectivity index (χ3n) is 10.1. The first-order chi connectivity index (χ1) is 18.7. The minimum atomic E-state index is -0.171. The summed E-state index contributed by atoms with van der Waals surface area (Å²) in [6, 6.07) is 18.2. The molecule has 0 radical (unpaired) electrons. The van der Waals surface area contributed by atoms with Gasteiger partial charge >= 0.3 is 5.97 Å². The highest BCUT2D eigenvalue weighted by Gasteiger charge is 2.55. The van der Waals surface area contributed by atoms with E-state index < -0.39 is 0 Å². The van der Waals surface area contributed by atoms with Crippen LogP contribution in [0.15, 0.2) is 54.6 Å². The van der Waals surface area contributed by atoms with Gasteiger partial charge in [-0.2, -0.15) is 0 Å². The molecule has 3 aromatic rings. The van der Waals surface area contributed by atoms with Crippen molar-refractivity contribution in [2.24, 2.45) is 11.3 Å². The van der Waals surface area contributed by atoms with Crippen LogP contribution in [-0.2, 0) is 28.0 Å². The van der Waals surface area contributed by atoms with Gasteiger partial charge in [-0.1, -0.05) is 56.2 Å². The molecule has 2 fully saturated rings. The maximum atomic E-state index is 15.0. The summed E-state index contributed by atoms with van der Waals surface area (Å²) >= 11 is 0. The van der Waals surface area contributed by atoms with Crippen LogP contribution in [0.3, 0.4) is 0 Å². The Balaban J connectivity index is 1.29. The van der Waals surface area contributed by atoms with E-state index in [2.05, 4.69) is 50.2 Å². The molecule has 0 aromatic heterocycles. The molecule has 3 atom stereocenters. The normalized spacial score (nSPS) is 24.8. The fourth-order valence-corrected chi connectivity index (χ4v) is 7.71. The highest BCUT2D eigenvalue weighted by atomic mass is 19.1. The lowest BCUT2D eigenvalue weighted by Crippen LogP contribution is -2.47. The van der Waals surface area contributed by atoms with Crippen LogP contribution in [0.25, 0.3) is 11.1 Å². The van der Waals surface area contributed by atoms with Gasteiger partial charge in [0.25, 0.3) is 0 Å². The number of carbonyl (C=O) groups is 1. The average molecular weight is 527 g/mol. The Morgan fingerprint density at radius 3 is 2.54 bits per heavy atom. The molecule has 0 unspecified atom stereocenters. The van der Waals surface area contributed by atoms with E-state index in [1.807, 2.05) is 19.1 Å². The van der Waals surface area contributed by atoms with Crippen molar-refractivity contribution >= 4 is 5.97 Å². The first-order valence-electron chi connectivity index (χ1n) is 14.5. The molecule has 4 heteroatoms. The van der Waals surface area contributed by atoms with Crippen molar-refractivity contribution in [1.29, 1.82) is 0 Å². The second-order valence-corrected chi connectivity index (χ2v) is 12.7. The quantitative estimate of drug-likeness (QED) is 0.302. The Morgan fingerprint density at radius 2 is 1.82 bits per heavy atom. The summed E-state index contributed by atoms with van der Waals surface area (Å²) in [4.78, 5) is 12.4. The third-order valence-corrected chi connectivity index (χ3v) is 10.1. The molecule has 3 nitrogen and oxygen atoms in total. The molecule has 3 aliphatic rings. The van der Waals surface area contributed by atoms with Crippen molar-refractivity contribution in [3.8, 4) is 16.9 Å². The molecule has 0 aliphatic heterocycles. The van der Waals surface area contributed by atoms with Crippen LogP contribution in [-0.4, -0.2) is 13.1 Å². The number of fused-ring (bicyclic) bond motifs is 2. The molecular weight excluding hydrogens is 487 g/mol. The highest BCUT2D eigenvalue weighted by molar-refractivity contribution is 5.77. The van der Waals surface area contributed by atoms with Crippen molar-refractivity contribution in [3.63, 3.8) is 0 Å². The maximum absolute atomic E-state index is 15.0. The number of aryl methyl sites for hydroxylation is 2. The second kappa shape index (κ2) is 9.80. The summed E-state index contributed by atoms with van der Waals surface area (Å²) in [7, 11) is 1.49. The summed E-state index contributed by atoms with van der Waals surface area (Å²) in [6.45, 7) is 7.14. The SMILES string of the molecule is COC(=O)[C@@H]1CC[C@]12CCc1ccc(OCc3ccc(-c4cc(C)ccc4F)c([C@@H]4CCCC4(C)C)c3)cc12. The predicted molar refractivity (Wildman–Crippen MR) is 152 cm³/mol. The molecule has 2 saturated carbocycles. The molecule has 39 heavy (non-hydrogen) atoms. The summed E-state index contributed by atoms with van der Waals surface area (Å²) in [5.41, 5.74) is 7.73. The summed E-state index contributed by atoms with van der Waals surface area (Å²) in [5, 5.41) is 0. The first kappa shape index (κ1) is 26.1. The van der Waals surface area contributed by atoms with E-state index in [1.54, 1.807) is 6.07 Å². The Hall–Kier alpha value is -3.14. The van der Waals surface area contributed by atoms with Crippen molar-refractivity contribution in [2.75, 3.05) is 7.11 Å². The van der Waals surface area contributed by atoms with E-state index in [9.17, 15) is 4.79 Å². The van der Waals surface area contributed by atoms with Crippen LogP contribution >= 0.6 is 0 Å². The number of benzene rings is 3. The molecule has 0 heterocycles. The zero-order valence-corrected chi connectivity index (χ0v) is 23.6. The number of methoxy groups -OCH3 is 1. The van der Waals surface area contributed by atoms with Gasteiger partial charge in [-0.25, -0.2) is 4.39 Å². The van der Waals surface area contributed by atoms with Crippen LogP contribution in [0, 0.1) is 24.1 Å². The molecular formula is C35H39FO3. The van der Waals surface area contributed by atoms with Crippen molar-refractivity contribution < 1.29 is 18.7 Å². The van der Waals surface area contributed by atoms with Crippen LogP contribution in [0.1, 0.15) is 86.1 Å². The van der Waals surface area contributed by atoms with Gasteiger partial charge in [-0.05, 0) is 109 Å². The average Bonchev–Trinajstić information content (AvgIpc) is 3.48. The van der Waals surface area contributed by atoms with E-state index in [0.29, 0.717) is 18.1 Å². The number of esters is 1. The largest absolute Gasteiger partial charge is 0.489 e. The first-order valence-corrected chi connectivity index (χ1v) is 14.5. The lowest BCUT2D eigenvalue weighted by atomic mass is 9.57. The number of rotatable bonds is 6. The van der Waals surface area contributed by atoms with Gasteiger partial charge in [-0.15, -0.1) is 0 Å². The van der Waals surface area contributed by atoms with Gasteiger partial charge in [-0.3, -0.25) is 4.79 Å². The topological polar surface area (TPSA) is 35.5 Å². The molecule has 3 aromatic carbocycles. The number of halogens is 1. The highest BCUT2D eigenvalue weighted by Crippen LogP contribution is 2.57. The minimum absolute atomic E-state index is 0.0501. The van der Waals surface area contributed by atoms with Gasteiger partial charge in [0.05, 0.1) is 13.0 Å². The molecule has 0 amide bonds. The monoisotopic (exact) mass is 526 g/mol. The van der Waals surface area contributed by atoms with Crippen LogP contribution in [0.5, 0.6) is 5.75 Å². The molecule has 6 rings (SSSR count). The van der Waals surface area contributed by atoms with Crippen molar-refractivity contribution in [1.82, 2.24) is 0 Å². The lowest BCUT2D eigenvalue weighted by Gasteiger charge is -2.46. The van der Waals surface area contributed by atoms with Crippen LogP contribution in [0.2, 0.25) is 0 Å². The van der Waals surface area contributed by atoms with Crippen LogP contribution in [0.4, 0.5) is 4.39 Å². The third kappa shape index (κ3) is 4.46. The van der Waals surface area contributed by atoms with Crippen molar-refractivity contribution in [2.45, 2.75) is 83.7 Å². The Morgan fingerprint density at radius 1 is 0.974 bits per heavy atom. The number of carbonyl (C=O) groups excluding carboxylic acids is 1. The summed E-state index contributed by atoms with van der Waals surface area (Å²) in [6.07, 6.45) is 7.41. The maximum Gasteiger partial charge on any atom is 0.309 e. The molecule has 0 bridgehead atoms. The fourth-order valence-electron chi connectivity index (χ4n) is 7.71. The van der Waals surface area contributed by atoms with Gasteiger partial charge in [0.1, 0.15) is 18.2 Å². The second-order valence-electron chi connectivity index (χ2n) is 12.7. The van der Waals surface area contributed by atoms with Gasteiger partial charge in [0, 0.05) is 11.0 Å². The van der Waals surface area contributed by atoms with Crippen LogP contribution < -0.4 is 4.74 Å². The predicted octanol–water partition coefficient (Wildman–Crippen LogP) is 8.44. The van der Waals surface area contributed by atoms with Gasteiger partial charge < -0.3 is 9.47 Å². The van der Waals surface area contributed by atoms with E-state index in [1.165, 1.54) is 36.6 Å². The summed E-state index contributed by atoms with van der Waals surface area (Å²) < 4.78 is 26.5. The molecule has 1 spiro atoms. The zero-order chi connectivity index (χ0) is 27.4. The molecule has 0 N–H and O–H groups in total. The fraction of sp³-hybridized carbons (Fsp3) is 0.457. The number of ether oxygens (including phenoxy) is 2. The Labute approximate surface area is 231 Å². The number of hydrogen-bond donors (Lipinski definition) is 0. The standard InChI is InChI=1S/C35H39FO3/c1-22-7-12-32(36)28(18-22)26-11-8-23(19-27(26)29-6-5-15-34(29,2)3)21-39-25-10-9-24-13-16-35(31(24)20-25)17-14-30(35)33(37)38-4/h7-12,18-20,29-30H,5-6,13-17,21H2,1-4H3/t29-,30-,35+/m0/s1. The lowest BCUT2D eigenvalue weighted by molar-refractivity contribution is -0.153. The van der Waals surface area contributed by atoms with Crippen molar-refractivity contribution in [3.05, 3.63) is 88.2 Å². The smallest absolute Gasteiger partial charge is 0.309 e. The number of hydrogen-bond acceptors (Lipinski definition) is 3. The van der Waals surface area contributed by atoms with E-state index in [-0.39, 0.29) is 28.5 Å². The molecule has 0 saturated heterocycles.